The van der Waals surface area contributed by atoms with E-state index in [4.69, 9.17) is 0 Å². The summed E-state index contributed by atoms with van der Waals surface area (Å²) in [5, 5.41) is 2.98. The normalized spacial score (nSPS) is 39.9. The Kier molecular flexibility index (Phi) is 2.95. The highest BCUT2D eigenvalue weighted by atomic mass is 19.3. The number of halogens is 2. The van der Waals surface area contributed by atoms with Gasteiger partial charge in [0.2, 0.25) is 0 Å². The lowest BCUT2D eigenvalue weighted by molar-refractivity contribution is 0.0636. The van der Waals surface area contributed by atoms with Crippen LogP contribution in [0.2, 0.25) is 0 Å². The second-order valence-corrected chi connectivity index (χ2v) is 4.25. The monoisotopic (exact) mass is 191 g/mol. The van der Waals surface area contributed by atoms with E-state index < -0.39 is 11.3 Å². The van der Waals surface area contributed by atoms with Gasteiger partial charge in [0, 0.05) is 17.9 Å². The molecule has 1 heterocycles. The summed E-state index contributed by atoms with van der Waals surface area (Å²) in [5.41, 5.74) is -0.655. The van der Waals surface area contributed by atoms with Crippen molar-refractivity contribution in [1.82, 2.24) is 5.32 Å². The van der Waals surface area contributed by atoms with Gasteiger partial charge >= 0.3 is 0 Å². The van der Waals surface area contributed by atoms with E-state index in [1.165, 1.54) is 6.42 Å². The molecule has 0 bridgehead atoms. The molecule has 13 heavy (non-hydrogen) atoms. The second kappa shape index (κ2) is 3.52. The first-order chi connectivity index (χ1) is 6.00. The maximum atomic E-state index is 12.8. The van der Waals surface area contributed by atoms with Crippen molar-refractivity contribution in [2.45, 2.75) is 39.5 Å². The first kappa shape index (κ1) is 10.9. The fourth-order valence-corrected chi connectivity index (χ4v) is 1.96. The summed E-state index contributed by atoms with van der Waals surface area (Å²) in [4.78, 5) is 0. The van der Waals surface area contributed by atoms with Crippen molar-refractivity contribution in [1.29, 1.82) is 0 Å². The number of rotatable bonds is 0. The van der Waals surface area contributed by atoms with Crippen molar-refractivity contribution in [2.75, 3.05) is 13.1 Å². The highest BCUT2D eigenvalue weighted by molar-refractivity contribution is 5.17. The Morgan fingerprint density at radius 1 is 1.38 bits per heavy atom. The molecular weight excluding hydrogens is 172 g/mol. The van der Waals surface area contributed by atoms with Crippen molar-refractivity contribution < 1.29 is 8.78 Å². The smallest absolute Gasteiger partial charge is 0.258 e. The average Bonchev–Trinajstić information content (AvgIpc) is 2.49. The van der Waals surface area contributed by atoms with E-state index in [0.717, 1.165) is 6.54 Å². The topological polar surface area (TPSA) is 12.0 Å². The van der Waals surface area contributed by atoms with Gasteiger partial charge in [-0.1, -0.05) is 27.2 Å². The Bertz CT molecular complexity index is 182. The fraction of sp³-hybridized carbons (Fsp3) is 1.00. The first-order valence-electron chi connectivity index (χ1n) is 5.09. The van der Waals surface area contributed by atoms with Crippen LogP contribution in [-0.4, -0.2) is 19.0 Å². The van der Waals surface area contributed by atoms with E-state index in [0.29, 0.717) is 13.0 Å². The van der Waals surface area contributed by atoms with Crippen molar-refractivity contribution >= 4 is 0 Å². The molecule has 0 amide bonds. The molecule has 3 heteroatoms. The van der Waals surface area contributed by atoms with Crippen LogP contribution in [0.4, 0.5) is 8.78 Å². The average molecular weight is 191 g/mol. The summed E-state index contributed by atoms with van der Waals surface area (Å²) in [5.74, 6) is -2.76. The Balaban J connectivity index is 0.000000251. The zero-order valence-corrected chi connectivity index (χ0v) is 8.66. The molecule has 2 fully saturated rings. The molecule has 1 nitrogen and oxygen atoms in total. The minimum atomic E-state index is -2.38. The molecule has 0 aromatic heterocycles. The van der Waals surface area contributed by atoms with Gasteiger partial charge in [-0.05, 0) is 13.0 Å². The van der Waals surface area contributed by atoms with Crippen LogP contribution in [0.15, 0.2) is 0 Å². The van der Waals surface area contributed by atoms with Crippen LogP contribution in [-0.2, 0) is 0 Å². The molecule has 1 saturated heterocycles. The Labute approximate surface area is 78.9 Å². The summed E-state index contributed by atoms with van der Waals surface area (Å²) >= 11 is 0. The summed E-state index contributed by atoms with van der Waals surface area (Å²) in [6.07, 6.45) is 1.88. The molecule has 0 radical (unpaired) electrons. The second-order valence-electron chi connectivity index (χ2n) is 4.25. The van der Waals surface area contributed by atoms with E-state index >= 15 is 0 Å². The summed E-state index contributed by atoms with van der Waals surface area (Å²) in [7, 11) is 0. The predicted octanol–water partition coefficient (Wildman–Crippen LogP) is 2.67. The van der Waals surface area contributed by atoms with Gasteiger partial charge in [-0.3, -0.25) is 0 Å². The first-order valence-corrected chi connectivity index (χ1v) is 5.09. The standard InChI is InChI=1S/C7H11F2N.C3H8/c1-6-2-3-10-4-5(6)7(6,8)9;1-3-2/h5,10H,2-4H2,1H3;3H2,1-2H3. The quantitative estimate of drug-likeness (QED) is 0.620. The molecule has 2 aliphatic rings. The molecule has 2 atom stereocenters. The number of piperidine rings is 1. The maximum absolute atomic E-state index is 12.8. The van der Waals surface area contributed by atoms with E-state index in [2.05, 4.69) is 19.2 Å². The molecule has 1 saturated carbocycles. The van der Waals surface area contributed by atoms with E-state index in [1.807, 2.05) is 0 Å². The lowest BCUT2D eigenvalue weighted by Gasteiger charge is -2.15. The van der Waals surface area contributed by atoms with E-state index in [1.54, 1.807) is 6.92 Å². The van der Waals surface area contributed by atoms with Crippen LogP contribution < -0.4 is 5.32 Å². The lowest BCUT2D eigenvalue weighted by atomic mass is 9.99. The van der Waals surface area contributed by atoms with Gasteiger partial charge in [0.25, 0.3) is 5.92 Å². The van der Waals surface area contributed by atoms with Crippen LogP contribution in [0.1, 0.15) is 33.6 Å². The van der Waals surface area contributed by atoms with Crippen LogP contribution in [0, 0.1) is 11.3 Å². The summed E-state index contributed by atoms with van der Waals surface area (Å²) < 4.78 is 25.7. The third-order valence-electron chi connectivity index (χ3n) is 3.05. The van der Waals surface area contributed by atoms with Crippen LogP contribution in [0.25, 0.3) is 0 Å². The van der Waals surface area contributed by atoms with Gasteiger partial charge in [-0.2, -0.15) is 0 Å². The Morgan fingerprint density at radius 2 is 1.92 bits per heavy atom. The number of nitrogens with one attached hydrogen (secondary N) is 1. The fourth-order valence-electron chi connectivity index (χ4n) is 1.96. The zero-order valence-electron chi connectivity index (χ0n) is 8.66. The third kappa shape index (κ3) is 1.58. The molecule has 0 aromatic rings. The van der Waals surface area contributed by atoms with Gasteiger partial charge in [0.05, 0.1) is 0 Å². The van der Waals surface area contributed by atoms with Crippen LogP contribution in [0.5, 0.6) is 0 Å². The molecule has 2 rings (SSSR count). The number of hydrogen-bond donors (Lipinski definition) is 1. The zero-order chi connectivity index (χ0) is 10.1. The van der Waals surface area contributed by atoms with Crippen molar-refractivity contribution in [3.8, 4) is 0 Å². The Hall–Kier alpha value is -0.180. The van der Waals surface area contributed by atoms with Gasteiger partial charge in [0.1, 0.15) is 0 Å². The number of hydrogen-bond acceptors (Lipinski definition) is 1. The SMILES string of the molecule is CC12CCNCC1C2(F)F.CCC. The van der Waals surface area contributed by atoms with E-state index in [9.17, 15) is 8.78 Å². The van der Waals surface area contributed by atoms with Crippen molar-refractivity contribution in [3.63, 3.8) is 0 Å². The summed E-state index contributed by atoms with van der Waals surface area (Å²) in [6, 6.07) is 0. The van der Waals surface area contributed by atoms with Gasteiger partial charge in [-0.15, -0.1) is 0 Å². The highest BCUT2D eigenvalue weighted by Crippen LogP contribution is 2.68. The molecule has 0 spiro atoms. The molecule has 1 aliphatic carbocycles. The minimum absolute atomic E-state index is 0.381. The van der Waals surface area contributed by atoms with Gasteiger partial charge < -0.3 is 5.32 Å². The Morgan fingerprint density at radius 3 is 2.23 bits per heavy atom. The van der Waals surface area contributed by atoms with Gasteiger partial charge in [0.15, 0.2) is 0 Å². The molecule has 2 unspecified atom stereocenters. The van der Waals surface area contributed by atoms with Crippen molar-refractivity contribution in [2.24, 2.45) is 11.3 Å². The maximum Gasteiger partial charge on any atom is 0.258 e. The highest BCUT2D eigenvalue weighted by Gasteiger charge is 2.77. The van der Waals surface area contributed by atoms with E-state index in [-0.39, 0.29) is 5.92 Å². The molecule has 0 aromatic carbocycles. The predicted molar refractivity (Wildman–Crippen MR) is 50.0 cm³/mol. The van der Waals surface area contributed by atoms with Crippen LogP contribution in [0.3, 0.4) is 0 Å². The minimum Gasteiger partial charge on any atom is -0.316 e. The molecule has 1 aliphatic heterocycles. The molecular formula is C10H19F2N. The van der Waals surface area contributed by atoms with Gasteiger partial charge in [-0.25, -0.2) is 8.78 Å². The molecule has 78 valence electrons. The summed E-state index contributed by atoms with van der Waals surface area (Å²) in [6.45, 7) is 7.20. The number of fused-ring (bicyclic) bond motifs is 1. The van der Waals surface area contributed by atoms with Crippen LogP contribution >= 0.6 is 0 Å². The number of alkyl halides is 2. The third-order valence-corrected chi connectivity index (χ3v) is 3.05. The molecule has 1 N–H and O–H groups in total. The lowest BCUT2D eigenvalue weighted by Crippen LogP contribution is -2.27. The van der Waals surface area contributed by atoms with Crippen molar-refractivity contribution in [3.05, 3.63) is 0 Å². The largest absolute Gasteiger partial charge is 0.316 e.